The topological polar surface area (TPSA) is 20.3 Å². The van der Waals surface area contributed by atoms with Gasteiger partial charge in [-0.1, -0.05) is 92.0 Å². The Kier molecular flexibility index (Phi) is 5.45. The molecule has 0 saturated heterocycles. The van der Waals surface area contributed by atoms with Crippen molar-refractivity contribution in [3.8, 4) is 0 Å². The molecule has 0 fully saturated rings. The molecule has 0 aliphatic heterocycles. The number of nitrogens with zero attached hydrogens (tertiary/aromatic N) is 1. The number of carbonyl (C=O) groups excluding carboxylic acids is 1. The molecular weight excluding hydrogens is 318 g/mol. The smallest absolute Gasteiger partial charge is 0.250 e. The van der Waals surface area contributed by atoms with Gasteiger partial charge in [0.2, 0.25) is 0 Å². The molecule has 0 atom stereocenters. The minimum atomic E-state index is -0.137. The third kappa shape index (κ3) is 3.81. The summed E-state index contributed by atoms with van der Waals surface area (Å²) in [7, 11) is 0. The Morgan fingerprint density at radius 2 is 1.42 bits per heavy atom. The molecule has 1 amide bonds. The van der Waals surface area contributed by atoms with Crippen molar-refractivity contribution in [1.29, 1.82) is 0 Å². The van der Waals surface area contributed by atoms with Crippen LogP contribution >= 0.6 is 0 Å². The summed E-state index contributed by atoms with van der Waals surface area (Å²) in [4.78, 5) is 14.3. The lowest BCUT2D eigenvalue weighted by Crippen LogP contribution is -2.29. The number of amides is 1. The van der Waals surface area contributed by atoms with Crippen LogP contribution in [0.5, 0.6) is 0 Å². The molecule has 0 saturated carbocycles. The van der Waals surface area contributed by atoms with Gasteiger partial charge >= 0.3 is 0 Å². The van der Waals surface area contributed by atoms with Crippen molar-refractivity contribution in [2.75, 3.05) is 4.90 Å². The molecule has 0 bridgehead atoms. The molecule has 0 spiro atoms. The molecule has 2 heteroatoms. The summed E-state index contributed by atoms with van der Waals surface area (Å²) in [5.74, 6) is -0.137. The van der Waals surface area contributed by atoms with Crippen LogP contribution in [0.4, 0.5) is 5.69 Å². The summed E-state index contributed by atoms with van der Waals surface area (Å²) in [6.45, 7) is 8.41. The first-order valence-electron chi connectivity index (χ1n) is 8.52. The zero-order chi connectivity index (χ0) is 18.4. The maximum atomic E-state index is 12.6. The molecule has 0 aliphatic carbocycles. The third-order valence-electron chi connectivity index (χ3n) is 4.27. The van der Waals surface area contributed by atoms with Crippen LogP contribution in [0, 0.1) is 0 Å². The summed E-state index contributed by atoms with van der Waals surface area (Å²) in [6.07, 6.45) is 1.35. The number of anilines is 1. The van der Waals surface area contributed by atoms with Crippen LogP contribution in [-0.4, -0.2) is 5.91 Å². The summed E-state index contributed by atoms with van der Waals surface area (Å²) in [6, 6.07) is 27.8. The molecule has 3 rings (SSSR count). The van der Waals surface area contributed by atoms with Crippen LogP contribution in [0.3, 0.4) is 0 Å². The average Bonchev–Trinajstić information content (AvgIpc) is 2.72. The lowest BCUT2D eigenvalue weighted by molar-refractivity contribution is -0.114. The highest BCUT2D eigenvalue weighted by atomic mass is 16.2. The second kappa shape index (κ2) is 8.13. The van der Waals surface area contributed by atoms with Gasteiger partial charge in [0.15, 0.2) is 0 Å². The van der Waals surface area contributed by atoms with E-state index in [4.69, 9.17) is 0 Å². The second-order valence-corrected chi connectivity index (χ2v) is 5.98. The van der Waals surface area contributed by atoms with Gasteiger partial charge in [0.1, 0.15) is 0 Å². The Morgan fingerprint density at radius 3 is 2.08 bits per heavy atom. The summed E-state index contributed by atoms with van der Waals surface area (Å²) >= 11 is 0. The Bertz CT molecular complexity index is 913. The highest BCUT2D eigenvalue weighted by Crippen LogP contribution is 2.31. The van der Waals surface area contributed by atoms with Gasteiger partial charge in [-0.2, -0.15) is 0 Å². The van der Waals surface area contributed by atoms with Crippen molar-refractivity contribution in [1.82, 2.24) is 0 Å². The largest absolute Gasteiger partial charge is 0.304 e. The van der Waals surface area contributed by atoms with E-state index in [1.165, 1.54) is 6.08 Å². The number of hydrogen-bond acceptors (Lipinski definition) is 1. The first kappa shape index (κ1) is 17.4. The summed E-state index contributed by atoms with van der Waals surface area (Å²) < 4.78 is 0. The van der Waals surface area contributed by atoms with E-state index in [9.17, 15) is 4.79 Å². The van der Waals surface area contributed by atoms with Gasteiger partial charge < -0.3 is 4.90 Å². The van der Waals surface area contributed by atoms with Gasteiger partial charge in [-0.05, 0) is 28.8 Å². The van der Waals surface area contributed by atoms with Crippen molar-refractivity contribution in [3.63, 3.8) is 0 Å². The molecule has 0 aromatic heterocycles. The Hall–Kier alpha value is -3.39. The molecule has 3 aromatic carbocycles. The van der Waals surface area contributed by atoms with Crippen molar-refractivity contribution in [2.45, 2.75) is 6.54 Å². The van der Waals surface area contributed by atoms with Crippen LogP contribution in [0.15, 0.2) is 104 Å². The molecule has 128 valence electrons. The molecule has 3 aromatic rings. The fraction of sp³-hybridized carbons (Fsp3) is 0.0417. The maximum absolute atomic E-state index is 12.6. The number of carbonyl (C=O) groups is 1. The SMILES string of the molecule is C=CC(=O)N(Cc1ccccc1)c1ccccc1C(=C)c1ccccc1. The van der Waals surface area contributed by atoms with Crippen LogP contribution in [0.25, 0.3) is 5.57 Å². The fourth-order valence-corrected chi connectivity index (χ4v) is 2.92. The van der Waals surface area contributed by atoms with E-state index in [0.29, 0.717) is 6.54 Å². The summed E-state index contributed by atoms with van der Waals surface area (Å²) in [5, 5.41) is 0. The lowest BCUT2D eigenvalue weighted by Gasteiger charge is -2.25. The zero-order valence-corrected chi connectivity index (χ0v) is 14.6. The van der Waals surface area contributed by atoms with Gasteiger partial charge in [0, 0.05) is 5.56 Å². The molecule has 0 aliphatic rings. The minimum absolute atomic E-state index is 0.137. The Balaban J connectivity index is 2.03. The zero-order valence-electron chi connectivity index (χ0n) is 14.6. The maximum Gasteiger partial charge on any atom is 0.250 e. The second-order valence-electron chi connectivity index (χ2n) is 5.98. The molecule has 0 N–H and O–H groups in total. The first-order chi connectivity index (χ1) is 12.7. The predicted octanol–water partition coefficient (Wildman–Crippen LogP) is 5.47. The van der Waals surface area contributed by atoms with E-state index in [2.05, 4.69) is 13.2 Å². The molecule has 0 heterocycles. The van der Waals surface area contributed by atoms with Gasteiger partial charge in [0.05, 0.1) is 12.2 Å². The molecule has 0 radical (unpaired) electrons. The van der Waals surface area contributed by atoms with E-state index in [1.807, 2.05) is 84.9 Å². The number of rotatable bonds is 6. The van der Waals surface area contributed by atoms with Crippen LogP contribution in [0.1, 0.15) is 16.7 Å². The van der Waals surface area contributed by atoms with Crippen LogP contribution in [-0.2, 0) is 11.3 Å². The standard InChI is InChI=1S/C24H21NO/c1-3-24(26)25(18-20-12-6-4-7-13-20)23-17-11-10-16-22(23)19(2)21-14-8-5-9-15-21/h3-17H,1-2,18H2. The molecule has 0 unspecified atom stereocenters. The van der Waals surface area contributed by atoms with Gasteiger partial charge in [-0.15, -0.1) is 0 Å². The normalized spacial score (nSPS) is 10.2. The highest BCUT2D eigenvalue weighted by molar-refractivity contribution is 6.03. The first-order valence-corrected chi connectivity index (χ1v) is 8.52. The van der Waals surface area contributed by atoms with E-state index in [1.54, 1.807) is 4.90 Å². The van der Waals surface area contributed by atoms with Crippen molar-refractivity contribution in [3.05, 3.63) is 121 Å². The van der Waals surface area contributed by atoms with Crippen molar-refractivity contribution in [2.24, 2.45) is 0 Å². The van der Waals surface area contributed by atoms with Crippen LogP contribution in [0.2, 0.25) is 0 Å². The van der Waals surface area contributed by atoms with E-state index in [-0.39, 0.29) is 5.91 Å². The monoisotopic (exact) mass is 339 g/mol. The lowest BCUT2D eigenvalue weighted by atomic mass is 9.97. The molecular formula is C24H21NO. The van der Waals surface area contributed by atoms with Crippen molar-refractivity contribution >= 4 is 17.2 Å². The third-order valence-corrected chi connectivity index (χ3v) is 4.27. The number of benzene rings is 3. The highest BCUT2D eigenvalue weighted by Gasteiger charge is 2.18. The van der Waals surface area contributed by atoms with Gasteiger partial charge in [0.25, 0.3) is 5.91 Å². The Morgan fingerprint density at radius 1 is 0.846 bits per heavy atom. The molecule has 26 heavy (non-hydrogen) atoms. The number of hydrogen-bond donors (Lipinski definition) is 0. The molecule has 2 nitrogen and oxygen atoms in total. The quantitative estimate of drug-likeness (QED) is 0.546. The van der Waals surface area contributed by atoms with Gasteiger partial charge in [-0.3, -0.25) is 4.79 Å². The fourth-order valence-electron chi connectivity index (χ4n) is 2.92. The summed E-state index contributed by atoms with van der Waals surface area (Å²) in [5.41, 5.74) is 4.74. The van der Waals surface area contributed by atoms with E-state index in [0.717, 1.165) is 28.0 Å². The predicted molar refractivity (Wildman–Crippen MR) is 109 cm³/mol. The minimum Gasteiger partial charge on any atom is -0.304 e. The van der Waals surface area contributed by atoms with E-state index < -0.39 is 0 Å². The van der Waals surface area contributed by atoms with E-state index >= 15 is 0 Å². The number of para-hydroxylation sites is 1. The Labute approximate surface area is 154 Å². The van der Waals surface area contributed by atoms with Gasteiger partial charge in [-0.25, -0.2) is 0 Å². The van der Waals surface area contributed by atoms with Crippen LogP contribution < -0.4 is 4.90 Å². The average molecular weight is 339 g/mol. The van der Waals surface area contributed by atoms with Crippen molar-refractivity contribution < 1.29 is 4.79 Å².